The van der Waals surface area contributed by atoms with Crippen molar-refractivity contribution < 1.29 is 9.66 Å². The van der Waals surface area contributed by atoms with Gasteiger partial charge in [0.25, 0.3) is 0 Å². The molecule has 0 heterocycles. The molecule has 0 aliphatic heterocycles. The van der Waals surface area contributed by atoms with Crippen LogP contribution in [0.1, 0.15) is 18.5 Å². The highest BCUT2D eigenvalue weighted by Gasteiger charge is 2.15. The minimum atomic E-state index is -0.472. The van der Waals surface area contributed by atoms with Gasteiger partial charge in [-0.3, -0.25) is 10.1 Å². The molecule has 0 unspecified atom stereocenters. The summed E-state index contributed by atoms with van der Waals surface area (Å²) in [6.07, 6.45) is 0. The second-order valence-corrected chi connectivity index (χ2v) is 5.15. The van der Waals surface area contributed by atoms with E-state index < -0.39 is 4.92 Å². The molecule has 2 aromatic carbocycles. The van der Waals surface area contributed by atoms with Gasteiger partial charge < -0.3 is 10.5 Å². The Morgan fingerprint density at radius 2 is 2.00 bits per heavy atom. The van der Waals surface area contributed by atoms with Crippen molar-refractivity contribution in [2.24, 2.45) is 5.73 Å². The van der Waals surface area contributed by atoms with Gasteiger partial charge in [-0.1, -0.05) is 34.1 Å². The minimum absolute atomic E-state index is 0.0695. The number of nitro groups is 1. The number of benzene rings is 2. The average molecular weight is 337 g/mol. The molecule has 0 radical (unpaired) electrons. The lowest BCUT2D eigenvalue weighted by Gasteiger charge is -2.11. The van der Waals surface area contributed by atoms with E-state index in [1.807, 2.05) is 13.0 Å². The van der Waals surface area contributed by atoms with Crippen molar-refractivity contribution in [1.29, 1.82) is 0 Å². The van der Waals surface area contributed by atoms with E-state index in [1.54, 1.807) is 30.3 Å². The van der Waals surface area contributed by atoms with E-state index >= 15 is 0 Å². The Morgan fingerprint density at radius 3 is 2.60 bits per heavy atom. The number of nitrogens with two attached hydrogens (primary N) is 1. The lowest BCUT2D eigenvalue weighted by Crippen LogP contribution is -2.05. The SMILES string of the molecule is C[C@@H](N)c1ccc(Oc2ccccc2[N+](=O)[O-])cc1Br. The van der Waals surface area contributed by atoms with Crippen molar-refractivity contribution in [2.45, 2.75) is 13.0 Å². The molecule has 5 nitrogen and oxygen atoms in total. The molecule has 0 bridgehead atoms. The first-order valence-corrected chi connectivity index (χ1v) is 6.74. The standard InChI is InChI=1S/C14H13BrN2O3/c1-9(16)11-7-6-10(8-12(11)15)20-14-5-3-2-4-13(14)17(18)19/h2-9H,16H2,1H3/t9-/m1/s1. The zero-order valence-electron chi connectivity index (χ0n) is 10.7. The van der Waals surface area contributed by atoms with Crippen molar-refractivity contribution >= 4 is 21.6 Å². The summed E-state index contributed by atoms with van der Waals surface area (Å²) in [5.41, 5.74) is 6.70. The summed E-state index contributed by atoms with van der Waals surface area (Å²) < 4.78 is 6.38. The van der Waals surface area contributed by atoms with E-state index in [4.69, 9.17) is 10.5 Å². The van der Waals surface area contributed by atoms with Crippen LogP contribution >= 0.6 is 15.9 Å². The summed E-state index contributed by atoms with van der Waals surface area (Å²) >= 11 is 3.41. The van der Waals surface area contributed by atoms with Crippen LogP contribution in [0.25, 0.3) is 0 Å². The van der Waals surface area contributed by atoms with E-state index in [0.29, 0.717) is 5.75 Å². The summed E-state index contributed by atoms with van der Waals surface area (Å²) in [7, 11) is 0. The summed E-state index contributed by atoms with van der Waals surface area (Å²) in [6, 6.07) is 11.5. The van der Waals surface area contributed by atoms with Crippen molar-refractivity contribution in [3.8, 4) is 11.5 Å². The highest BCUT2D eigenvalue weighted by molar-refractivity contribution is 9.10. The third-order valence-electron chi connectivity index (χ3n) is 2.75. The van der Waals surface area contributed by atoms with E-state index in [-0.39, 0.29) is 17.5 Å². The fraction of sp³-hybridized carbons (Fsp3) is 0.143. The zero-order chi connectivity index (χ0) is 14.7. The smallest absolute Gasteiger partial charge is 0.311 e. The van der Waals surface area contributed by atoms with E-state index in [0.717, 1.165) is 10.0 Å². The van der Waals surface area contributed by atoms with Crippen LogP contribution in [0.4, 0.5) is 5.69 Å². The van der Waals surface area contributed by atoms with Crippen molar-refractivity contribution in [2.75, 3.05) is 0 Å². The van der Waals surface area contributed by atoms with Crippen LogP contribution in [0.5, 0.6) is 11.5 Å². The predicted molar refractivity (Wildman–Crippen MR) is 79.9 cm³/mol. The first-order chi connectivity index (χ1) is 9.49. The van der Waals surface area contributed by atoms with Crippen LogP contribution in [0.3, 0.4) is 0 Å². The van der Waals surface area contributed by atoms with Crippen LogP contribution in [-0.2, 0) is 0 Å². The number of ether oxygens (including phenoxy) is 1. The molecule has 0 amide bonds. The van der Waals surface area contributed by atoms with Crippen LogP contribution in [0.15, 0.2) is 46.9 Å². The Kier molecular flexibility index (Phi) is 4.36. The second kappa shape index (κ2) is 6.02. The molecule has 0 aromatic heterocycles. The second-order valence-electron chi connectivity index (χ2n) is 4.30. The Hall–Kier alpha value is -1.92. The van der Waals surface area contributed by atoms with Gasteiger partial charge in [-0.05, 0) is 30.7 Å². The third-order valence-corrected chi connectivity index (χ3v) is 3.44. The van der Waals surface area contributed by atoms with Gasteiger partial charge in [-0.2, -0.15) is 0 Å². The molecule has 2 rings (SSSR count). The summed E-state index contributed by atoms with van der Waals surface area (Å²) in [6.45, 7) is 1.88. The average Bonchev–Trinajstić information content (AvgIpc) is 2.38. The number of hydrogen-bond acceptors (Lipinski definition) is 4. The maximum atomic E-state index is 10.9. The fourth-order valence-corrected chi connectivity index (χ4v) is 2.48. The van der Waals surface area contributed by atoms with Crippen molar-refractivity contribution in [1.82, 2.24) is 0 Å². The molecule has 0 saturated heterocycles. The Labute approximate surface area is 124 Å². The molecule has 2 aromatic rings. The lowest BCUT2D eigenvalue weighted by molar-refractivity contribution is -0.385. The molecule has 0 aliphatic rings. The first kappa shape index (κ1) is 14.5. The van der Waals surface area contributed by atoms with Crippen molar-refractivity contribution in [3.63, 3.8) is 0 Å². The number of para-hydroxylation sites is 2. The topological polar surface area (TPSA) is 78.4 Å². The summed E-state index contributed by atoms with van der Waals surface area (Å²) in [5.74, 6) is 0.716. The van der Waals surface area contributed by atoms with Gasteiger partial charge in [-0.25, -0.2) is 0 Å². The first-order valence-electron chi connectivity index (χ1n) is 5.95. The molecule has 6 heteroatoms. The maximum absolute atomic E-state index is 10.9. The molecule has 2 N–H and O–H groups in total. The molecule has 0 saturated carbocycles. The third kappa shape index (κ3) is 3.15. The normalized spacial score (nSPS) is 11.9. The molecule has 0 fully saturated rings. The van der Waals surface area contributed by atoms with Crippen LogP contribution in [-0.4, -0.2) is 4.92 Å². The van der Waals surface area contributed by atoms with E-state index in [2.05, 4.69) is 15.9 Å². The zero-order valence-corrected chi connectivity index (χ0v) is 12.3. The van der Waals surface area contributed by atoms with Gasteiger partial charge in [0.1, 0.15) is 5.75 Å². The summed E-state index contributed by atoms with van der Waals surface area (Å²) in [5, 5.41) is 10.9. The molecule has 104 valence electrons. The number of nitro benzene ring substituents is 1. The highest BCUT2D eigenvalue weighted by atomic mass is 79.9. The van der Waals surface area contributed by atoms with Gasteiger partial charge in [0.15, 0.2) is 0 Å². The molecular weight excluding hydrogens is 324 g/mol. The number of halogens is 1. The van der Waals surface area contributed by atoms with Gasteiger partial charge >= 0.3 is 5.69 Å². The van der Waals surface area contributed by atoms with Crippen molar-refractivity contribution in [3.05, 3.63) is 62.6 Å². The van der Waals surface area contributed by atoms with Gasteiger partial charge in [0.2, 0.25) is 5.75 Å². The minimum Gasteiger partial charge on any atom is -0.450 e. The molecule has 20 heavy (non-hydrogen) atoms. The number of nitrogens with zero attached hydrogens (tertiary/aromatic N) is 1. The van der Waals surface area contributed by atoms with Crippen LogP contribution in [0, 0.1) is 10.1 Å². The monoisotopic (exact) mass is 336 g/mol. The van der Waals surface area contributed by atoms with E-state index in [1.165, 1.54) is 6.07 Å². The number of hydrogen-bond donors (Lipinski definition) is 1. The lowest BCUT2D eigenvalue weighted by atomic mass is 10.1. The van der Waals surface area contributed by atoms with Crippen LogP contribution < -0.4 is 10.5 Å². The molecule has 0 spiro atoms. The molecule has 0 aliphatic carbocycles. The Morgan fingerprint density at radius 1 is 1.30 bits per heavy atom. The largest absolute Gasteiger partial charge is 0.450 e. The number of rotatable bonds is 4. The quantitative estimate of drug-likeness (QED) is 0.671. The van der Waals surface area contributed by atoms with E-state index in [9.17, 15) is 10.1 Å². The fourth-order valence-electron chi connectivity index (χ4n) is 1.76. The van der Waals surface area contributed by atoms with Crippen LogP contribution in [0.2, 0.25) is 0 Å². The molecule has 1 atom stereocenters. The summed E-state index contributed by atoms with van der Waals surface area (Å²) in [4.78, 5) is 10.5. The Balaban J connectivity index is 2.31. The highest BCUT2D eigenvalue weighted by Crippen LogP contribution is 2.33. The Bertz CT molecular complexity index is 644. The van der Waals surface area contributed by atoms with Gasteiger partial charge in [-0.15, -0.1) is 0 Å². The van der Waals surface area contributed by atoms with Gasteiger partial charge in [0.05, 0.1) is 4.92 Å². The predicted octanol–water partition coefficient (Wildman–Crippen LogP) is 4.17. The van der Waals surface area contributed by atoms with Gasteiger partial charge in [0, 0.05) is 16.6 Å². The maximum Gasteiger partial charge on any atom is 0.311 e. The molecular formula is C14H13BrN2O3.